The van der Waals surface area contributed by atoms with Gasteiger partial charge in [-0.15, -0.1) is 0 Å². The Hall–Kier alpha value is -2.04. The van der Waals surface area contributed by atoms with Crippen LogP contribution in [0.15, 0.2) is 29.4 Å². The number of ether oxygens (including phenoxy) is 2. The van der Waals surface area contributed by atoms with Crippen molar-refractivity contribution in [3.63, 3.8) is 0 Å². The molecule has 1 aromatic rings. The highest BCUT2D eigenvalue weighted by Crippen LogP contribution is 2.16. The first-order valence-electron chi connectivity index (χ1n) is 5.28. The molecule has 0 saturated heterocycles. The Labute approximate surface area is 100 Å². The number of carbonyl (C=O) groups is 1. The number of nitrogens with zero attached hydrogens (tertiary/aromatic N) is 1. The quantitative estimate of drug-likeness (QED) is 0.483. The van der Waals surface area contributed by atoms with Crippen LogP contribution in [0.3, 0.4) is 0 Å². The third-order valence-corrected chi connectivity index (χ3v) is 1.99. The van der Waals surface area contributed by atoms with Gasteiger partial charge < -0.3 is 9.47 Å². The molecule has 0 aliphatic heterocycles. The fourth-order valence-electron chi connectivity index (χ4n) is 1.12. The van der Waals surface area contributed by atoms with Crippen LogP contribution in [0.1, 0.15) is 13.8 Å². The lowest BCUT2D eigenvalue weighted by atomic mass is 10.3. The Morgan fingerprint density at radius 2 is 2.24 bits per heavy atom. The van der Waals surface area contributed by atoms with Gasteiger partial charge in [0, 0.05) is 6.07 Å². The number of hydrogen-bond acceptors (Lipinski definition) is 5. The van der Waals surface area contributed by atoms with Gasteiger partial charge in [-0.1, -0.05) is 6.07 Å². The molecule has 1 rings (SSSR count). The maximum atomic E-state index is 11.3. The summed E-state index contributed by atoms with van der Waals surface area (Å²) < 4.78 is 9.87. The molecular weight excluding hydrogens is 220 g/mol. The lowest BCUT2D eigenvalue weighted by Gasteiger charge is -2.05. The molecule has 17 heavy (non-hydrogen) atoms. The van der Waals surface area contributed by atoms with E-state index in [-0.39, 0.29) is 5.71 Å². The van der Waals surface area contributed by atoms with Crippen molar-refractivity contribution in [2.24, 2.45) is 5.10 Å². The molecule has 0 atom stereocenters. The second kappa shape index (κ2) is 6.52. The first-order chi connectivity index (χ1) is 8.17. The molecular formula is C12H16N2O3. The van der Waals surface area contributed by atoms with E-state index in [1.807, 2.05) is 18.2 Å². The van der Waals surface area contributed by atoms with Crippen LogP contribution in [0.25, 0.3) is 0 Å². The number of esters is 1. The van der Waals surface area contributed by atoms with Gasteiger partial charge in [0.25, 0.3) is 0 Å². The Morgan fingerprint density at radius 1 is 1.47 bits per heavy atom. The van der Waals surface area contributed by atoms with E-state index in [1.165, 1.54) is 0 Å². The topological polar surface area (TPSA) is 59.9 Å². The molecule has 0 saturated carbocycles. The fraction of sp³-hybridized carbons (Fsp3) is 0.333. The molecule has 92 valence electrons. The standard InChI is InChI=1S/C12H16N2O3/c1-4-17-12(15)9(2)13-14-10-6-5-7-11(8-10)16-3/h5-8,14H,4H2,1-3H3/b13-9-. The van der Waals surface area contributed by atoms with Crippen LogP contribution in [0.5, 0.6) is 5.75 Å². The normalized spacial score (nSPS) is 10.9. The van der Waals surface area contributed by atoms with E-state index < -0.39 is 5.97 Å². The van der Waals surface area contributed by atoms with E-state index in [0.717, 1.165) is 11.4 Å². The molecule has 0 heterocycles. The smallest absolute Gasteiger partial charge is 0.354 e. The third-order valence-electron chi connectivity index (χ3n) is 1.99. The molecule has 5 heteroatoms. The minimum absolute atomic E-state index is 0.273. The summed E-state index contributed by atoms with van der Waals surface area (Å²) in [6, 6.07) is 7.26. The molecule has 0 spiro atoms. The Morgan fingerprint density at radius 3 is 2.88 bits per heavy atom. The molecule has 0 bridgehead atoms. The van der Waals surface area contributed by atoms with Crippen LogP contribution in [0.4, 0.5) is 5.69 Å². The molecule has 0 aromatic heterocycles. The van der Waals surface area contributed by atoms with Crippen molar-refractivity contribution in [1.29, 1.82) is 0 Å². The van der Waals surface area contributed by atoms with E-state index in [4.69, 9.17) is 9.47 Å². The van der Waals surface area contributed by atoms with Crippen molar-refractivity contribution in [3.8, 4) is 5.75 Å². The largest absolute Gasteiger partial charge is 0.497 e. The molecule has 0 amide bonds. The Bertz CT molecular complexity index is 416. The zero-order valence-electron chi connectivity index (χ0n) is 10.2. The summed E-state index contributed by atoms with van der Waals surface area (Å²) in [5.74, 6) is 0.293. The summed E-state index contributed by atoms with van der Waals surface area (Å²) >= 11 is 0. The third kappa shape index (κ3) is 4.14. The van der Waals surface area contributed by atoms with Crippen LogP contribution >= 0.6 is 0 Å². The van der Waals surface area contributed by atoms with Gasteiger partial charge in [-0.3, -0.25) is 5.43 Å². The average Bonchev–Trinajstić information content (AvgIpc) is 2.36. The predicted octanol–water partition coefficient (Wildman–Crippen LogP) is 2.05. The van der Waals surface area contributed by atoms with E-state index in [1.54, 1.807) is 27.0 Å². The highest BCUT2D eigenvalue weighted by atomic mass is 16.5. The Balaban J connectivity index is 2.65. The highest BCUT2D eigenvalue weighted by Gasteiger charge is 2.05. The van der Waals surface area contributed by atoms with Gasteiger partial charge in [-0.05, 0) is 26.0 Å². The molecule has 0 aliphatic rings. The fourth-order valence-corrected chi connectivity index (χ4v) is 1.12. The van der Waals surface area contributed by atoms with Crippen LogP contribution in [0, 0.1) is 0 Å². The lowest BCUT2D eigenvalue weighted by molar-refractivity contribution is -0.135. The summed E-state index contributed by atoms with van der Waals surface area (Å²) in [7, 11) is 1.59. The van der Waals surface area contributed by atoms with Gasteiger partial charge in [-0.2, -0.15) is 5.10 Å². The number of benzene rings is 1. The minimum Gasteiger partial charge on any atom is -0.497 e. The summed E-state index contributed by atoms with van der Waals surface area (Å²) in [4.78, 5) is 11.3. The number of anilines is 1. The molecule has 0 fully saturated rings. The maximum Gasteiger partial charge on any atom is 0.354 e. The summed E-state index contributed by atoms with van der Waals surface area (Å²) in [5, 5.41) is 3.92. The Kier molecular flexibility index (Phi) is 5.00. The number of rotatable bonds is 5. The van der Waals surface area contributed by atoms with Crippen molar-refractivity contribution < 1.29 is 14.3 Å². The van der Waals surface area contributed by atoms with Gasteiger partial charge in [0.1, 0.15) is 11.5 Å². The summed E-state index contributed by atoms with van der Waals surface area (Å²) in [5.41, 5.74) is 3.78. The van der Waals surface area contributed by atoms with E-state index in [0.29, 0.717) is 6.61 Å². The molecule has 0 unspecified atom stereocenters. The van der Waals surface area contributed by atoms with Crippen molar-refractivity contribution in [2.75, 3.05) is 19.1 Å². The second-order valence-electron chi connectivity index (χ2n) is 3.26. The van der Waals surface area contributed by atoms with Gasteiger partial charge in [0.2, 0.25) is 0 Å². The monoisotopic (exact) mass is 236 g/mol. The SMILES string of the molecule is CCOC(=O)/C(C)=N\Nc1cccc(OC)c1. The van der Waals surface area contributed by atoms with Crippen molar-refractivity contribution in [3.05, 3.63) is 24.3 Å². The summed E-state index contributed by atoms with van der Waals surface area (Å²) in [6.07, 6.45) is 0. The van der Waals surface area contributed by atoms with Gasteiger partial charge in [0.05, 0.1) is 19.4 Å². The maximum absolute atomic E-state index is 11.3. The predicted molar refractivity (Wildman–Crippen MR) is 66.4 cm³/mol. The van der Waals surface area contributed by atoms with Crippen molar-refractivity contribution in [1.82, 2.24) is 0 Å². The van der Waals surface area contributed by atoms with E-state index in [9.17, 15) is 4.79 Å². The van der Waals surface area contributed by atoms with Crippen molar-refractivity contribution in [2.45, 2.75) is 13.8 Å². The van der Waals surface area contributed by atoms with E-state index >= 15 is 0 Å². The van der Waals surface area contributed by atoms with Crippen LogP contribution < -0.4 is 10.2 Å². The molecule has 0 radical (unpaired) electrons. The lowest BCUT2D eigenvalue weighted by Crippen LogP contribution is -2.15. The number of hydrazone groups is 1. The number of methoxy groups -OCH3 is 1. The number of hydrogen-bond donors (Lipinski definition) is 1. The highest BCUT2D eigenvalue weighted by molar-refractivity contribution is 6.35. The van der Waals surface area contributed by atoms with Gasteiger partial charge in [-0.25, -0.2) is 4.79 Å². The zero-order valence-corrected chi connectivity index (χ0v) is 10.2. The molecule has 1 aromatic carbocycles. The van der Waals surface area contributed by atoms with Gasteiger partial charge >= 0.3 is 5.97 Å². The van der Waals surface area contributed by atoms with Crippen LogP contribution in [-0.2, 0) is 9.53 Å². The second-order valence-corrected chi connectivity index (χ2v) is 3.26. The number of carbonyl (C=O) groups excluding carboxylic acids is 1. The molecule has 0 aliphatic carbocycles. The first-order valence-corrected chi connectivity index (χ1v) is 5.28. The number of nitrogens with one attached hydrogen (secondary N) is 1. The zero-order chi connectivity index (χ0) is 12.7. The van der Waals surface area contributed by atoms with Gasteiger partial charge in [0.15, 0.2) is 0 Å². The summed E-state index contributed by atoms with van der Waals surface area (Å²) in [6.45, 7) is 3.68. The molecule has 5 nitrogen and oxygen atoms in total. The van der Waals surface area contributed by atoms with Crippen LogP contribution in [-0.4, -0.2) is 25.4 Å². The molecule has 1 N–H and O–H groups in total. The van der Waals surface area contributed by atoms with Crippen molar-refractivity contribution >= 4 is 17.4 Å². The minimum atomic E-state index is -0.428. The average molecular weight is 236 g/mol. The first kappa shape index (κ1) is 13.0. The van der Waals surface area contributed by atoms with E-state index in [2.05, 4.69) is 10.5 Å². The van der Waals surface area contributed by atoms with Crippen LogP contribution in [0.2, 0.25) is 0 Å².